The molecule has 1 N–H and O–H groups in total. The van der Waals surface area contributed by atoms with Crippen molar-refractivity contribution in [2.75, 3.05) is 5.32 Å². The van der Waals surface area contributed by atoms with Crippen molar-refractivity contribution in [3.8, 4) is 11.4 Å². The van der Waals surface area contributed by atoms with E-state index in [2.05, 4.69) is 20.4 Å². The summed E-state index contributed by atoms with van der Waals surface area (Å²) in [7, 11) is 0. The summed E-state index contributed by atoms with van der Waals surface area (Å²) in [5.41, 5.74) is 2.27. The molecule has 0 radical (unpaired) electrons. The van der Waals surface area contributed by atoms with Gasteiger partial charge in [-0.25, -0.2) is 0 Å². The zero-order valence-corrected chi connectivity index (χ0v) is 15.5. The molecular formula is C21H16ClN5O. The third-order valence-electron chi connectivity index (χ3n) is 4.10. The molecule has 28 heavy (non-hydrogen) atoms. The zero-order chi connectivity index (χ0) is 19.3. The number of anilines is 1. The predicted octanol–water partition coefficient (Wildman–Crippen LogP) is 4.29. The van der Waals surface area contributed by atoms with Gasteiger partial charge < -0.3 is 5.32 Å². The van der Waals surface area contributed by atoms with E-state index >= 15 is 0 Å². The molecule has 2 aromatic carbocycles. The number of benzene rings is 2. The lowest BCUT2D eigenvalue weighted by atomic mass is 10.2. The highest BCUT2D eigenvalue weighted by atomic mass is 35.5. The average molecular weight is 390 g/mol. The molecule has 2 aromatic heterocycles. The van der Waals surface area contributed by atoms with E-state index in [9.17, 15) is 4.79 Å². The van der Waals surface area contributed by atoms with Gasteiger partial charge in [0.2, 0.25) is 5.95 Å². The summed E-state index contributed by atoms with van der Waals surface area (Å²) < 4.78 is 1.27. The standard InChI is InChI=1S/C21H16ClN5O/c22-18-10-8-16(9-11-18)20(28)27-21(24-13-15-5-2-1-3-6-15)25-19(26-27)17-7-4-12-23-14-17/h1-12,14H,13H2,(H,24,25,26). The minimum Gasteiger partial charge on any atom is -0.350 e. The largest absolute Gasteiger partial charge is 0.350 e. The summed E-state index contributed by atoms with van der Waals surface area (Å²) in [5, 5.41) is 8.18. The first-order valence-corrected chi connectivity index (χ1v) is 9.04. The molecule has 0 aliphatic carbocycles. The molecule has 138 valence electrons. The summed E-state index contributed by atoms with van der Waals surface area (Å²) in [5.74, 6) is 0.489. The van der Waals surface area contributed by atoms with Crippen molar-refractivity contribution in [2.24, 2.45) is 0 Å². The second-order valence-electron chi connectivity index (χ2n) is 6.06. The number of hydrogen-bond acceptors (Lipinski definition) is 5. The summed E-state index contributed by atoms with van der Waals surface area (Å²) in [4.78, 5) is 21.6. The van der Waals surface area contributed by atoms with E-state index in [0.717, 1.165) is 11.1 Å². The van der Waals surface area contributed by atoms with Gasteiger partial charge in [0, 0.05) is 35.1 Å². The molecule has 0 fully saturated rings. The molecule has 4 aromatic rings. The Morgan fingerprint density at radius 1 is 1.00 bits per heavy atom. The van der Waals surface area contributed by atoms with Crippen LogP contribution in [0.4, 0.5) is 5.95 Å². The van der Waals surface area contributed by atoms with E-state index < -0.39 is 0 Å². The number of rotatable bonds is 5. The number of pyridine rings is 1. The maximum Gasteiger partial charge on any atom is 0.281 e. The third-order valence-corrected chi connectivity index (χ3v) is 4.36. The molecule has 0 spiro atoms. The van der Waals surface area contributed by atoms with Crippen LogP contribution in [0.3, 0.4) is 0 Å². The summed E-state index contributed by atoms with van der Waals surface area (Å²) in [6.07, 6.45) is 3.33. The number of hydrogen-bond donors (Lipinski definition) is 1. The first kappa shape index (κ1) is 17.9. The summed E-state index contributed by atoms with van der Waals surface area (Å²) in [6, 6.07) is 20.2. The van der Waals surface area contributed by atoms with Gasteiger partial charge in [0.25, 0.3) is 5.91 Å². The minimum absolute atomic E-state index is 0.296. The number of nitrogens with one attached hydrogen (secondary N) is 1. The number of carbonyl (C=O) groups excluding carboxylic acids is 1. The van der Waals surface area contributed by atoms with Crippen LogP contribution in [-0.4, -0.2) is 25.7 Å². The Bertz CT molecular complexity index is 1080. The number of nitrogens with zero attached hydrogens (tertiary/aromatic N) is 4. The Balaban J connectivity index is 1.69. The van der Waals surface area contributed by atoms with E-state index in [4.69, 9.17) is 11.6 Å². The maximum atomic E-state index is 13.0. The Morgan fingerprint density at radius 2 is 1.79 bits per heavy atom. The first-order chi connectivity index (χ1) is 13.7. The van der Waals surface area contributed by atoms with Gasteiger partial charge in [-0.3, -0.25) is 9.78 Å². The first-order valence-electron chi connectivity index (χ1n) is 8.66. The molecule has 0 aliphatic rings. The molecule has 0 atom stereocenters. The Kier molecular flexibility index (Phi) is 5.12. The molecule has 6 nitrogen and oxygen atoms in total. The van der Waals surface area contributed by atoms with E-state index in [1.54, 1.807) is 42.7 Å². The Labute approximate surface area is 166 Å². The van der Waals surface area contributed by atoms with Gasteiger partial charge >= 0.3 is 0 Å². The monoisotopic (exact) mass is 389 g/mol. The van der Waals surface area contributed by atoms with Crippen molar-refractivity contribution in [3.05, 3.63) is 95.3 Å². The second kappa shape index (κ2) is 8.02. The Morgan fingerprint density at radius 3 is 2.50 bits per heavy atom. The number of halogens is 1. The van der Waals surface area contributed by atoms with Gasteiger partial charge in [-0.05, 0) is 42.0 Å². The van der Waals surface area contributed by atoms with E-state index in [0.29, 0.717) is 28.9 Å². The maximum absolute atomic E-state index is 13.0. The van der Waals surface area contributed by atoms with E-state index in [1.807, 2.05) is 36.4 Å². The fourth-order valence-corrected chi connectivity index (χ4v) is 2.80. The van der Waals surface area contributed by atoms with Crippen LogP contribution in [0.25, 0.3) is 11.4 Å². The van der Waals surface area contributed by atoms with Gasteiger partial charge in [-0.2, -0.15) is 9.67 Å². The van der Waals surface area contributed by atoms with Crippen molar-refractivity contribution in [1.29, 1.82) is 0 Å². The van der Waals surface area contributed by atoms with Gasteiger partial charge in [0.05, 0.1) is 0 Å². The van der Waals surface area contributed by atoms with Gasteiger partial charge in [-0.15, -0.1) is 5.10 Å². The molecule has 0 aliphatic heterocycles. The number of aromatic nitrogens is 4. The van der Waals surface area contributed by atoms with Crippen LogP contribution in [0.15, 0.2) is 79.1 Å². The van der Waals surface area contributed by atoms with Gasteiger partial charge in [-0.1, -0.05) is 41.9 Å². The van der Waals surface area contributed by atoms with Crippen LogP contribution < -0.4 is 5.32 Å². The number of carbonyl (C=O) groups is 1. The van der Waals surface area contributed by atoms with Crippen LogP contribution in [0.5, 0.6) is 0 Å². The minimum atomic E-state index is -0.296. The second-order valence-corrected chi connectivity index (χ2v) is 6.50. The van der Waals surface area contributed by atoms with Crippen LogP contribution in [0, 0.1) is 0 Å². The summed E-state index contributed by atoms with van der Waals surface area (Å²) in [6.45, 7) is 0.514. The van der Waals surface area contributed by atoms with Crippen LogP contribution >= 0.6 is 11.6 Å². The molecule has 4 rings (SSSR count). The Hall–Kier alpha value is -3.51. The fraction of sp³-hybridized carbons (Fsp3) is 0.0476. The molecule has 0 saturated heterocycles. The van der Waals surface area contributed by atoms with Gasteiger partial charge in [0.1, 0.15) is 0 Å². The van der Waals surface area contributed by atoms with Gasteiger partial charge in [0.15, 0.2) is 5.82 Å². The molecule has 2 heterocycles. The van der Waals surface area contributed by atoms with E-state index in [1.165, 1.54) is 4.68 Å². The zero-order valence-electron chi connectivity index (χ0n) is 14.8. The van der Waals surface area contributed by atoms with E-state index in [-0.39, 0.29) is 5.91 Å². The van der Waals surface area contributed by atoms with Crippen molar-refractivity contribution in [1.82, 2.24) is 19.7 Å². The van der Waals surface area contributed by atoms with Crippen LogP contribution in [0.1, 0.15) is 15.9 Å². The van der Waals surface area contributed by atoms with Crippen molar-refractivity contribution < 1.29 is 4.79 Å². The highest BCUT2D eigenvalue weighted by molar-refractivity contribution is 6.30. The SMILES string of the molecule is O=C(c1ccc(Cl)cc1)n1nc(-c2cccnc2)nc1NCc1ccccc1. The molecular weight excluding hydrogens is 374 g/mol. The quantitative estimate of drug-likeness (QED) is 0.551. The van der Waals surface area contributed by atoms with Crippen LogP contribution in [0.2, 0.25) is 5.02 Å². The molecule has 7 heteroatoms. The molecule has 0 unspecified atom stereocenters. The highest BCUT2D eigenvalue weighted by Gasteiger charge is 2.18. The molecule has 0 bridgehead atoms. The predicted molar refractivity (Wildman–Crippen MR) is 108 cm³/mol. The third kappa shape index (κ3) is 3.92. The normalized spacial score (nSPS) is 10.6. The van der Waals surface area contributed by atoms with Crippen LogP contribution in [-0.2, 0) is 6.54 Å². The summed E-state index contributed by atoms with van der Waals surface area (Å²) >= 11 is 5.93. The smallest absolute Gasteiger partial charge is 0.281 e. The highest BCUT2D eigenvalue weighted by Crippen LogP contribution is 2.19. The van der Waals surface area contributed by atoms with Crippen molar-refractivity contribution in [2.45, 2.75) is 6.54 Å². The topological polar surface area (TPSA) is 72.7 Å². The fourth-order valence-electron chi connectivity index (χ4n) is 2.68. The lowest BCUT2D eigenvalue weighted by Crippen LogP contribution is -2.17. The molecule has 0 amide bonds. The lowest BCUT2D eigenvalue weighted by molar-refractivity contribution is 0.0947. The van der Waals surface area contributed by atoms with Crippen molar-refractivity contribution >= 4 is 23.5 Å². The average Bonchev–Trinajstić information content (AvgIpc) is 3.18. The van der Waals surface area contributed by atoms with Crippen molar-refractivity contribution in [3.63, 3.8) is 0 Å². The molecule has 0 saturated carbocycles. The lowest BCUT2D eigenvalue weighted by Gasteiger charge is -2.07.